The molecular formula is C27H20F3NO3. The maximum atomic E-state index is 13.5. The van der Waals surface area contributed by atoms with E-state index in [0.717, 1.165) is 17.7 Å². The Morgan fingerprint density at radius 3 is 2.29 bits per heavy atom. The lowest BCUT2D eigenvalue weighted by Gasteiger charge is -2.26. The molecule has 0 bridgehead atoms. The molecule has 1 aromatic heterocycles. The van der Waals surface area contributed by atoms with Gasteiger partial charge in [-0.1, -0.05) is 56.3 Å². The number of hydrogen-bond donors (Lipinski definition) is 0. The molecule has 0 fully saturated rings. The van der Waals surface area contributed by atoms with Gasteiger partial charge in [-0.15, -0.1) is 0 Å². The highest BCUT2D eigenvalue weighted by Crippen LogP contribution is 2.42. The van der Waals surface area contributed by atoms with Crippen LogP contribution in [0, 0.1) is 0 Å². The highest BCUT2D eigenvalue weighted by Gasteiger charge is 2.44. The lowest BCUT2D eigenvalue weighted by molar-refractivity contribution is -0.137. The maximum absolute atomic E-state index is 13.5. The standard InChI is InChI=1S/C27H20F3NO3/c1-15(2)16-10-12-17(13-11-16)23-22-24(32)20-8-3-4-9-21(20)34-25(22)26(33)31(23)19-7-5-6-18(14-19)27(28,29)30/h3-15,23H,1-2H3. The van der Waals surface area contributed by atoms with E-state index in [0.29, 0.717) is 10.9 Å². The third kappa shape index (κ3) is 3.48. The number of amides is 1. The van der Waals surface area contributed by atoms with Crippen molar-refractivity contribution in [3.63, 3.8) is 0 Å². The van der Waals surface area contributed by atoms with Crippen LogP contribution in [0.3, 0.4) is 0 Å². The van der Waals surface area contributed by atoms with E-state index >= 15 is 0 Å². The molecule has 0 radical (unpaired) electrons. The van der Waals surface area contributed by atoms with Crippen LogP contribution in [-0.4, -0.2) is 5.91 Å². The van der Waals surface area contributed by atoms with Gasteiger partial charge in [0.2, 0.25) is 5.76 Å². The molecular weight excluding hydrogens is 443 g/mol. The quantitative estimate of drug-likeness (QED) is 0.340. The van der Waals surface area contributed by atoms with Crippen molar-refractivity contribution in [2.24, 2.45) is 0 Å². The fourth-order valence-electron chi connectivity index (χ4n) is 4.40. The third-order valence-corrected chi connectivity index (χ3v) is 6.15. The average Bonchev–Trinajstić information content (AvgIpc) is 3.11. The molecule has 172 valence electrons. The summed E-state index contributed by atoms with van der Waals surface area (Å²) < 4.78 is 46.2. The van der Waals surface area contributed by atoms with E-state index in [4.69, 9.17) is 4.42 Å². The van der Waals surface area contributed by atoms with E-state index in [2.05, 4.69) is 0 Å². The second kappa shape index (κ2) is 7.87. The zero-order chi connectivity index (χ0) is 24.2. The van der Waals surface area contributed by atoms with E-state index in [1.165, 1.54) is 17.0 Å². The van der Waals surface area contributed by atoms with Gasteiger partial charge in [0.1, 0.15) is 5.58 Å². The summed E-state index contributed by atoms with van der Waals surface area (Å²) in [7, 11) is 0. The molecule has 3 aromatic carbocycles. The topological polar surface area (TPSA) is 50.5 Å². The number of anilines is 1. The van der Waals surface area contributed by atoms with E-state index in [1.807, 2.05) is 26.0 Å². The minimum absolute atomic E-state index is 0.0348. The van der Waals surface area contributed by atoms with Crippen molar-refractivity contribution >= 4 is 22.6 Å². The summed E-state index contributed by atoms with van der Waals surface area (Å²) in [4.78, 5) is 28.3. The van der Waals surface area contributed by atoms with Crippen molar-refractivity contribution < 1.29 is 22.4 Å². The van der Waals surface area contributed by atoms with Crippen LogP contribution in [-0.2, 0) is 6.18 Å². The fourth-order valence-corrected chi connectivity index (χ4v) is 4.40. The molecule has 1 atom stereocenters. The van der Waals surface area contributed by atoms with Crippen LogP contribution in [0.5, 0.6) is 0 Å². The van der Waals surface area contributed by atoms with Gasteiger partial charge in [0.15, 0.2) is 5.43 Å². The molecule has 0 saturated carbocycles. The first kappa shape index (κ1) is 21.9. The largest absolute Gasteiger partial charge is 0.450 e. The number of benzene rings is 3. The van der Waals surface area contributed by atoms with Gasteiger partial charge in [-0.2, -0.15) is 13.2 Å². The zero-order valence-corrected chi connectivity index (χ0v) is 18.4. The Kier molecular flexibility index (Phi) is 5.08. The van der Waals surface area contributed by atoms with Gasteiger partial charge in [0.25, 0.3) is 5.91 Å². The van der Waals surface area contributed by atoms with Crippen molar-refractivity contribution in [3.05, 3.63) is 111 Å². The van der Waals surface area contributed by atoms with Crippen molar-refractivity contribution in [1.82, 2.24) is 0 Å². The molecule has 1 unspecified atom stereocenters. The molecule has 7 heteroatoms. The molecule has 1 amide bonds. The first-order valence-electron chi connectivity index (χ1n) is 10.8. The average molecular weight is 463 g/mol. The third-order valence-electron chi connectivity index (χ3n) is 6.15. The molecule has 4 nitrogen and oxygen atoms in total. The Labute approximate surface area is 193 Å². The van der Waals surface area contributed by atoms with E-state index < -0.39 is 23.7 Å². The molecule has 4 aromatic rings. The molecule has 1 aliphatic heterocycles. The van der Waals surface area contributed by atoms with Gasteiger partial charge < -0.3 is 4.42 Å². The van der Waals surface area contributed by atoms with Crippen LogP contribution in [0.1, 0.15) is 58.6 Å². The zero-order valence-electron chi connectivity index (χ0n) is 18.4. The summed E-state index contributed by atoms with van der Waals surface area (Å²) in [6.45, 7) is 4.08. The highest BCUT2D eigenvalue weighted by atomic mass is 19.4. The number of alkyl halides is 3. The Morgan fingerprint density at radius 2 is 1.62 bits per heavy atom. The minimum atomic E-state index is -4.58. The number of halogens is 3. The lowest BCUT2D eigenvalue weighted by atomic mass is 9.95. The minimum Gasteiger partial charge on any atom is -0.450 e. The van der Waals surface area contributed by atoms with Gasteiger partial charge in [0.05, 0.1) is 22.6 Å². The van der Waals surface area contributed by atoms with Crippen LogP contribution in [0.15, 0.2) is 82.0 Å². The van der Waals surface area contributed by atoms with Crippen LogP contribution >= 0.6 is 0 Å². The highest BCUT2D eigenvalue weighted by molar-refractivity contribution is 6.10. The molecule has 1 aliphatic rings. The number of carbonyl (C=O) groups is 1. The SMILES string of the molecule is CC(C)c1ccc(C2c3c(oc4ccccc4c3=O)C(=O)N2c2cccc(C(F)(F)F)c2)cc1. The normalized spacial score (nSPS) is 15.9. The summed E-state index contributed by atoms with van der Waals surface area (Å²) in [5, 5.41) is 0.309. The van der Waals surface area contributed by atoms with Crippen molar-refractivity contribution in [2.45, 2.75) is 32.0 Å². The number of rotatable bonds is 3. The fraction of sp³-hybridized carbons (Fsp3) is 0.185. The first-order chi connectivity index (χ1) is 16.2. The lowest BCUT2D eigenvalue weighted by Crippen LogP contribution is -2.29. The number of fused-ring (bicyclic) bond motifs is 2. The smallest absolute Gasteiger partial charge is 0.416 e. The second-order valence-electron chi connectivity index (χ2n) is 8.62. The Balaban J connectivity index is 1.76. The number of nitrogens with zero attached hydrogens (tertiary/aromatic N) is 1. The molecule has 5 rings (SSSR count). The predicted octanol–water partition coefficient (Wildman–Crippen LogP) is 6.69. The summed E-state index contributed by atoms with van der Waals surface area (Å²) >= 11 is 0. The summed E-state index contributed by atoms with van der Waals surface area (Å²) in [6.07, 6.45) is -4.58. The molecule has 0 saturated heterocycles. The van der Waals surface area contributed by atoms with Gasteiger partial charge in [-0.3, -0.25) is 14.5 Å². The van der Waals surface area contributed by atoms with E-state index in [-0.39, 0.29) is 33.9 Å². The summed E-state index contributed by atoms with van der Waals surface area (Å²) in [5.74, 6) is -0.547. The Morgan fingerprint density at radius 1 is 0.912 bits per heavy atom. The first-order valence-corrected chi connectivity index (χ1v) is 10.8. The van der Waals surface area contributed by atoms with Gasteiger partial charge >= 0.3 is 6.18 Å². The van der Waals surface area contributed by atoms with Crippen molar-refractivity contribution in [2.75, 3.05) is 4.90 Å². The van der Waals surface area contributed by atoms with E-state index in [1.54, 1.807) is 36.4 Å². The summed E-state index contributed by atoms with van der Waals surface area (Å²) in [6, 6.07) is 17.6. The second-order valence-corrected chi connectivity index (χ2v) is 8.62. The van der Waals surface area contributed by atoms with E-state index in [9.17, 15) is 22.8 Å². The van der Waals surface area contributed by atoms with Gasteiger partial charge in [-0.05, 0) is 47.4 Å². The Hall–Kier alpha value is -3.87. The predicted molar refractivity (Wildman–Crippen MR) is 123 cm³/mol. The number of para-hydroxylation sites is 1. The number of hydrogen-bond acceptors (Lipinski definition) is 3. The van der Waals surface area contributed by atoms with Crippen LogP contribution in [0.2, 0.25) is 0 Å². The van der Waals surface area contributed by atoms with Crippen molar-refractivity contribution in [1.29, 1.82) is 0 Å². The van der Waals surface area contributed by atoms with Crippen molar-refractivity contribution in [3.8, 4) is 0 Å². The molecule has 0 aliphatic carbocycles. The van der Waals surface area contributed by atoms with Gasteiger partial charge in [-0.25, -0.2) is 0 Å². The van der Waals surface area contributed by atoms with Crippen LogP contribution in [0.4, 0.5) is 18.9 Å². The molecule has 0 spiro atoms. The molecule has 34 heavy (non-hydrogen) atoms. The van der Waals surface area contributed by atoms with Crippen LogP contribution in [0.25, 0.3) is 11.0 Å². The maximum Gasteiger partial charge on any atom is 0.416 e. The molecule has 0 N–H and O–H groups in total. The monoisotopic (exact) mass is 463 g/mol. The Bertz CT molecular complexity index is 1470. The molecule has 2 heterocycles. The van der Waals surface area contributed by atoms with Gasteiger partial charge in [0, 0.05) is 5.69 Å². The number of carbonyl (C=O) groups excluding carboxylic acids is 1. The summed E-state index contributed by atoms with van der Waals surface area (Å²) in [5.41, 5.74) is 0.816. The van der Waals surface area contributed by atoms with Crippen LogP contribution < -0.4 is 10.3 Å².